The van der Waals surface area contributed by atoms with Crippen LogP contribution in [0.4, 0.5) is 10.5 Å². The van der Waals surface area contributed by atoms with Crippen molar-refractivity contribution in [1.82, 2.24) is 5.32 Å². The van der Waals surface area contributed by atoms with E-state index in [1.807, 2.05) is 0 Å². The highest BCUT2D eigenvalue weighted by Crippen LogP contribution is 2.48. The number of anilines is 1. The number of amides is 2. The fraction of sp³-hybridized carbons (Fsp3) is 0.364. The Balaban J connectivity index is 2.23. The van der Waals surface area contributed by atoms with Crippen LogP contribution in [0.1, 0.15) is 37.8 Å². The molecule has 1 aliphatic rings. The van der Waals surface area contributed by atoms with Crippen molar-refractivity contribution >= 4 is 17.7 Å². The van der Waals surface area contributed by atoms with Crippen molar-refractivity contribution in [2.24, 2.45) is 0 Å². The quantitative estimate of drug-likeness (QED) is 0.600. The van der Waals surface area contributed by atoms with Crippen LogP contribution in [0, 0.1) is 10.1 Å². The average Bonchev–Trinajstić information content (AvgIpc) is 2.88. The minimum atomic E-state index is -1.68. The predicted molar refractivity (Wildman–Crippen MR) is 112 cm³/mol. The van der Waals surface area contributed by atoms with Gasteiger partial charge in [-0.1, -0.05) is 48.5 Å². The number of hydrogen-bond donors (Lipinski definition) is 1. The topological polar surface area (TPSA) is 102 Å². The van der Waals surface area contributed by atoms with Crippen LogP contribution in [-0.4, -0.2) is 36.1 Å². The number of para-hydroxylation sites is 1. The second kappa shape index (κ2) is 7.78. The molecule has 3 rings (SSSR count). The molecule has 8 nitrogen and oxygen atoms in total. The van der Waals surface area contributed by atoms with Gasteiger partial charge in [0, 0.05) is 23.2 Å². The Labute approximate surface area is 175 Å². The molecule has 0 aromatic heterocycles. The molecule has 2 aromatic rings. The van der Waals surface area contributed by atoms with Crippen molar-refractivity contribution in [1.29, 1.82) is 0 Å². The lowest BCUT2D eigenvalue weighted by Crippen LogP contribution is -2.58. The summed E-state index contributed by atoms with van der Waals surface area (Å²) in [5, 5.41) is 14.4. The maximum absolute atomic E-state index is 13.6. The Kier molecular flexibility index (Phi) is 5.52. The Morgan fingerprint density at radius 3 is 2.37 bits per heavy atom. The Morgan fingerprint density at radius 1 is 1.17 bits per heavy atom. The molecule has 30 heavy (non-hydrogen) atoms. The molecule has 1 heterocycles. The van der Waals surface area contributed by atoms with Crippen molar-refractivity contribution in [3.63, 3.8) is 0 Å². The van der Waals surface area contributed by atoms with Gasteiger partial charge in [0.15, 0.2) is 5.54 Å². The summed E-state index contributed by atoms with van der Waals surface area (Å²) in [6.45, 7) is 4.58. The maximum atomic E-state index is 13.6. The number of nitrogens with zero attached hydrogens (tertiary/aromatic N) is 2. The fourth-order valence-electron chi connectivity index (χ4n) is 3.92. The van der Waals surface area contributed by atoms with E-state index in [9.17, 15) is 19.7 Å². The van der Waals surface area contributed by atoms with Gasteiger partial charge in [-0.05, 0) is 32.4 Å². The molecule has 1 N–H and O–H groups in total. The van der Waals surface area contributed by atoms with E-state index in [1.54, 1.807) is 82.4 Å². The minimum absolute atomic E-state index is 0.453. The molecule has 0 bridgehead atoms. The van der Waals surface area contributed by atoms with Crippen LogP contribution >= 0.6 is 0 Å². The van der Waals surface area contributed by atoms with Gasteiger partial charge in [-0.2, -0.15) is 0 Å². The van der Waals surface area contributed by atoms with E-state index < -0.39 is 40.5 Å². The standard InChI is InChI=1S/C22H25N3O5/c1-21(2,3)30-20(27)23-22(16-12-8-9-13-18(16)24(4)19(22)26)17(14-25(28)29)15-10-6-5-7-11-15/h5-13,17H,14H2,1-4H3,(H,23,27). The normalized spacial score (nSPS) is 19.2. The van der Waals surface area contributed by atoms with Crippen molar-refractivity contribution in [2.45, 2.75) is 37.8 Å². The van der Waals surface area contributed by atoms with Crippen LogP contribution in [-0.2, 0) is 15.1 Å². The molecule has 2 unspecified atom stereocenters. The summed E-state index contributed by atoms with van der Waals surface area (Å²) in [5.74, 6) is -1.40. The second-order valence-corrected chi connectivity index (χ2v) is 8.29. The SMILES string of the molecule is CN1C(=O)C(NC(=O)OC(C)(C)C)(C(C[N+](=O)[O-])c2ccccc2)c2ccccc21. The van der Waals surface area contributed by atoms with E-state index in [4.69, 9.17) is 4.74 Å². The van der Waals surface area contributed by atoms with Crippen LogP contribution in [0.25, 0.3) is 0 Å². The number of carbonyl (C=O) groups excluding carboxylic acids is 2. The molecule has 2 atom stereocenters. The lowest BCUT2D eigenvalue weighted by molar-refractivity contribution is -0.485. The van der Waals surface area contributed by atoms with Gasteiger partial charge in [-0.3, -0.25) is 14.9 Å². The molecule has 0 aliphatic carbocycles. The van der Waals surface area contributed by atoms with Crippen LogP contribution in [0.2, 0.25) is 0 Å². The van der Waals surface area contributed by atoms with E-state index in [0.717, 1.165) is 0 Å². The number of benzene rings is 2. The largest absolute Gasteiger partial charge is 0.444 e. The van der Waals surface area contributed by atoms with E-state index in [-0.39, 0.29) is 0 Å². The van der Waals surface area contributed by atoms with E-state index in [2.05, 4.69) is 5.32 Å². The summed E-state index contributed by atoms with van der Waals surface area (Å²) >= 11 is 0. The highest BCUT2D eigenvalue weighted by molar-refractivity contribution is 6.09. The summed E-state index contributed by atoms with van der Waals surface area (Å²) in [6.07, 6.45) is -0.815. The first-order valence-electron chi connectivity index (χ1n) is 9.62. The molecule has 2 amide bonds. The third-order valence-corrected chi connectivity index (χ3v) is 5.09. The average molecular weight is 411 g/mol. The zero-order valence-corrected chi connectivity index (χ0v) is 17.4. The molecule has 8 heteroatoms. The zero-order chi connectivity index (χ0) is 22.1. The molecule has 0 spiro atoms. The first kappa shape index (κ1) is 21.3. The summed E-state index contributed by atoms with van der Waals surface area (Å²) < 4.78 is 5.42. The van der Waals surface area contributed by atoms with Crippen molar-refractivity contribution < 1.29 is 19.2 Å². The highest BCUT2D eigenvalue weighted by atomic mass is 16.6. The highest BCUT2D eigenvalue weighted by Gasteiger charge is 2.58. The van der Waals surface area contributed by atoms with Crippen molar-refractivity contribution in [3.8, 4) is 0 Å². The van der Waals surface area contributed by atoms with Crippen LogP contribution in [0.5, 0.6) is 0 Å². The predicted octanol–water partition coefficient (Wildman–Crippen LogP) is 3.44. The van der Waals surface area contributed by atoms with Gasteiger partial charge in [-0.15, -0.1) is 0 Å². The van der Waals surface area contributed by atoms with Gasteiger partial charge in [0.2, 0.25) is 6.54 Å². The van der Waals surface area contributed by atoms with E-state index in [1.165, 1.54) is 4.90 Å². The number of hydrogen-bond acceptors (Lipinski definition) is 5. The third-order valence-electron chi connectivity index (χ3n) is 5.09. The summed E-state index contributed by atoms with van der Waals surface area (Å²) in [4.78, 5) is 39.0. The summed E-state index contributed by atoms with van der Waals surface area (Å²) in [6, 6.07) is 15.7. The van der Waals surface area contributed by atoms with Crippen molar-refractivity contribution in [2.75, 3.05) is 18.5 Å². The number of rotatable bonds is 5. The van der Waals surface area contributed by atoms with Gasteiger partial charge >= 0.3 is 6.09 Å². The van der Waals surface area contributed by atoms with Gasteiger partial charge in [0.25, 0.3) is 5.91 Å². The molecule has 2 aromatic carbocycles. The second-order valence-electron chi connectivity index (χ2n) is 8.29. The zero-order valence-electron chi connectivity index (χ0n) is 17.4. The smallest absolute Gasteiger partial charge is 0.408 e. The number of carbonyl (C=O) groups is 2. The number of nitro groups is 1. The van der Waals surface area contributed by atoms with E-state index in [0.29, 0.717) is 16.8 Å². The van der Waals surface area contributed by atoms with Gasteiger partial charge in [0.05, 0.1) is 5.92 Å². The van der Waals surface area contributed by atoms with Gasteiger partial charge < -0.3 is 15.0 Å². The molecule has 158 valence electrons. The first-order valence-corrected chi connectivity index (χ1v) is 9.62. The van der Waals surface area contributed by atoms with Crippen LogP contribution in [0.3, 0.4) is 0 Å². The van der Waals surface area contributed by atoms with Crippen LogP contribution in [0.15, 0.2) is 54.6 Å². The number of nitrogens with one attached hydrogen (secondary N) is 1. The van der Waals surface area contributed by atoms with Gasteiger partial charge in [0.1, 0.15) is 5.60 Å². The summed E-state index contributed by atoms with van der Waals surface area (Å²) in [7, 11) is 1.59. The third kappa shape index (κ3) is 3.85. The summed E-state index contributed by atoms with van der Waals surface area (Å²) in [5.41, 5.74) is -0.822. The molecular formula is C22H25N3O5. The molecule has 1 aliphatic heterocycles. The maximum Gasteiger partial charge on any atom is 0.408 e. The molecule has 0 saturated carbocycles. The monoisotopic (exact) mass is 411 g/mol. The Bertz CT molecular complexity index is 970. The lowest BCUT2D eigenvalue weighted by Gasteiger charge is -2.36. The Hall–Kier alpha value is -3.42. The number of alkyl carbamates (subject to hydrolysis) is 1. The lowest BCUT2D eigenvalue weighted by atomic mass is 9.75. The number of likely N-dealkylation sites (N-methyl/N-ethyl adjacent to an activating group) is 1. The molecule has 0 fully saturated rings. The molecule has 0 radical (unpaired) electrons. The van der Waals surface area contributed by atoms with E-state index >= 15 is 0 Å². The van der Waals surface area contributed by atoms with Gasteiger partial charge in [-0.25, -0.2) is 4.79 Å². The number of ether oxygens (including phenoxy) is 1. The first-order chi connectivity index (χ1) is 14.1. The number of fused-ring (bicyclic) bond motifs is 1. The fourth-order valence-corrected chi connectivity index (χ4v) is 3.92. The molecule has 0 saturated heterocycles. The van der Waals surface area contributed by atoms with Crippen molar-refractivity contribution in [3.05, 3.63) is 75.8 Å². The molecular weight excluding hydrogens is 386 g/mol. The minimum Gasteiger partial charge on any atom is -0.444 e. The van der Waals surface area contributed by atoms with Crippen LogP contribution < -0.4 is 10.2 Å². The Morgan fingerprint density at radius 2 is 1.77 bits per heavy atom.